The van der Waals surface area contributed by atoms with E-state index in [0.717, 1.165) is 11.1 Å². The number of pyridine rings is 1. The minimum atomic E-state index is -2.02. The Morgan fingerprint density at radius 1 is 0.611 bits per heavy atom. The monoisotopic (exact) mass is 1340 g/mol. The summed E-state index contributed by atoms with van der Waals surface area (Å²) in [7, 11) is 8.12. The molecule has 2 aromatic rings. The molecule has 1 aromatic carbocycles. The number of esters is 2. The van der Waals surface area contributed by atoms with Crippen LogP contribution in [0.3, 0.4) is 0 Å². The Bertz CT molecular complexity index is 2950. The lowest BCUT2D eigenvalue weighted by Crippen LogP contribution is -2.78. The summed E-state index contributed by atoms with van der Waals surface area (Å²) in [6.45, 7) is 14.8. The van der Waals surface area contributed by atoms with Crippen molar-refractivity contribution >= 4 is 18.0 Å². The highest BCUT2D eigenvalue weighted by atomic mass is 16.8. The van der Waals surface area contributed by atoms with Crippen molar-refractivity contribution in [3.63, 3.8) is 0 Å². The highest BCUT2D eigenvalue weighted by Crippen LogP contribution is 2.71. The van der Waals surface area contributed by atoms with E-state index in [1.54, 1.807) is 74.5 Å². The fourth-order valence-corrected chi connectivity index (χ4v) is 17.6. The normalized spacial score (nSPS) is 45.6. The van der Waals surface area contributed by atoms with E-state index >= 15 is 0 Å². The second-order valence-corrected chi connectivity index (χ2v) is 28.3. The van der Waals surface area contributed by atoms with E-state index < -0.39 is 175 Å². The predicted octanol–water partition coefficient (Wildman–Crippen LogP) is 6.82. The molecule has 0 unspecified atom stereocenters. The average molecular weight is 1340 g/mol. The number of carbonyl (C=O) groups is 2. The van der Waals surface area contributed by atoms with Crippen LogP contribution in [0, 0.1) is 16.7 Å². The third kappa shape index (κ3) is 14.0. The third-order valence-electron chi connectivity index (χ3n) is 23.2. The molecule has 11 rings (SSSR count). The Kier molecular flexibility index (Phi) is 22.6. The Labute approximate surface area is 558 Å². The van der Waals surface area contributed by atoms with Crippen molar-refractivity contribution in [1.82, 2.24) is 4.98 Å². The van der Waals surface area contributed by atoms with E-state index in [1.165, 1.54) is 18.5 Å². The number of ether oxygens (including phenoxy) is 17. The van der Waals surface area contributed by atoms with Crippen LogP contribution in [0.1, 0.15) is 148 Å². The highest BCUT2D eigenvalue weighted by Gasteiger charge is 2.81. The van der Waals surface area contributed by atoms with Gasteiger partial charge in [-0.05, 0) is 116 Å². The molecule has 8 fully saturated rings. The molecular formula is C71H103NO23. The first-order valence-corrected chi connectivity index (χ1v) is 34.1. The zero-order chi connectivity index (χ0) is 67.9. The van der Waals surface area contributed by atoms with Crippen molar-refractivity contribution in [2.45, 2.75) is 291 Å². The molecule has 24 nitrogen and oxygen atoms in total. The number of aliphatic hydroxyl groups excluding tert-OH is 1. The summed E-state index contributed by atoms with van der Waals surface area (Å²) in [5.74, 6) is -2.02. The van der Waals surface area contributed by atoms with Crippen molar-refractivity contribution in [1.29, 1.82) is 0 Å². The Hall–Kier alpha value is -3.97. The second kappa shape index (κ2) is 29.7. The molecule has 3 saturated carbocycles. The smallest absolute Gasteiger partial charge is 0.340 e. The fourth-order valence-electron chi connectivity index (χ4n) is 17.6. The van der Waals surface area contributed by atoms with E-state index in [0.29, 0.717) is 51.4 Å². The first kappa shape index (κ1) is 72.3. The Balaban J connectivity index is 0.695. The van der Waals surface area contributed by atoms with Gasteiger partial charge >= 0.3 is 11.9 Å². The number of fused-ring (bicyclic) bond motifs is 5. The quantitative estimate of drug-likeness (QED) is 0.0566. The van der Waals surface area contributed by atoms with Gasteiger partial charge in [-0.25, -0.2) is 9.59 Å². The minimum Gasteiger partial charge on any atom is -0.458 e. The third-order valence-corrected chi connectivity index (χ3v) is 23.2. The number of aromatic nitrogens is 1. The lowest BCUT2D eigenvalue weighted by Gasteiger charge is -2.67. The van der Waals surface area contributed by atoms with Gasteiger partial charge in [0.1, 0.15) is 59.5 Å². The molecule has 0 amide bonds. The van der Waals surface area contributed by atoms with Crippen molar-refractivity contribution in [3.8, 4) is 0 Å². The molecule has 4 aliphatic carbocycles. The molecule has 0 bridgehead atoms. The molecule has 4 N–H and O–H groups in total. The van der Waals surface area contributed by atoms with Gasteiger partial charge in [0.25, 0.3) is 0 Å². The Morgan fingerprint density at radius 3 is 1.58 bits per heavy atom. The molecule has 0 radical (unpaired) electrons. The molecule has 5 saturated heterocycles. The van der Waals surface area contributed by atoms with Crippen LogP contribution in [0.2, 0.25) is 0 Å². The first-order chi connectivity index (χ1) is 45.3. The predicted molar refractivity (Wildman–Crippen MR) is 339 cm³/mol. The number of methoxy groups -OCH3 is 5. The number of aliphatic hydroxyl groups is 4. The lowest BCUT2D eigenvalue weighted by atomic mass is 9.42. The van der Waals surface area contributed by atoms with Gasteiger partial charge in [0, 0.05) is 92.0 Å². The van der Waals surface area contributed by atoms with Crippen LogP contribution in [-0.4, -0.2) is 231 Å². The summed E-state index contributed by atoms with van der Waals surface area (Å²) in [6, 6.07) is 12.5. The molecule has 9 aliphatic rings. The zero-order valence-electron chi connectivity index (χ0n) is 57.3. The van der Waals surface area contributed by atoms with Crippen molar-refractivity contribution in [3.05, 3.63) is 83.7 Å². The maximum absolute atomic E-state index is 14.0. The number of carbonyl (C=O) groups excluding carboxylic acids is 2. The number of nitrogens with zero attached hydrogens (tertiary/aromatic N) is 1. The number of hydrogen-bond donors (Lipinski definition) is 4. The van der Waals surface area contributed by atoms with Crippen LogP contribution in [0.15, 0.2) is 72.6 Å². The van der Waals surface area contributed by atoms with Gasteiger partial charge in [0.15, 0.2) is 31.5 Å². The van der Waals surface area contributed by atoms with Gasteiger partial charge in [0.2, 0.25) is 0 Å². The van der Waals surface area contributed by atoms with Crippen LogP contribution >= 0.6 is 0 Å². The van der Waals surface area contributed by atoms with E-state index in [-0.39, 0.29) is 43.5 Å². The van der Waals surface area contributed by atoms with Gasteiger partial charge in [-0.15, -0.1) is 0 Å². The molecule has 530 valence electrons. The zero-order valence-corrected chi connectivity index (χ0v) is 57.3. The van der Waals surface area contributed by atoms with E-state index in [4.69, 9.17) is 80.5 Å². The van der Waals surface area contributed by atoms with Crippen LogP contribution in [-0.2, 0) is 85.3 Å². The molecule has 1 aromatic heterocycles. The van der Waals surface area contributed by atoms with Crippen LogP contribution in [0.5, 0.6) is 0 Å². The van der Waals surface area contributed by atoms with Crippen molar-refractivity contribution in [2.24, 2.45) is 16.7 Å². The Morgan fingerprint density at radius 2 is 1.09 bits per heavy atom. The van der Waals surface area contributed by atoms with Gasteiger partial charge in [-0.3, -0.25) is 4.98 Å². The highest BCUT2D eigenvalue weighted by molar-refractivity contribution is 5.89. The molecule has 24 heteroatoms. The van der Waals surface area contributed by atoms with Crippen LogP contribution in [0.4, 0.5) is 0 Å². The van der Waals surface area contributed by atoms with Crippen molar-refractivity contribution < 1.29 is 111 Å². The summed E-state index contributed by atoms with van der Waals surface area (Å²) < 4.78 is 108. The van der Waals surface area contributed by atoms with Crippen LogP contribution < -0.4 is 0 Å². The maximum atomic E-state index is 14.0. The first-order valence-electron chi connectivity index (χ1n) is 34.1. The van der Waals surface area contributed by atoms with Gasteiger partial charge < -0.3 is 101 Å². The van der Waals surface area contributed by atoms with E-state index in [2.05, 4.69) is 11.9 Å². The molecule has 5 aliphatic heterocycles. The number of benzene rings is 1. The second-order valence-electron chi connectivity index (χ2n) is 28.3. The molecule has 6 heterocycles. The number of hydrogen-bond acceptors (Lipinski definition) is 24. The molecule has 95 heavy (non-hydrogen) atoms. The SMILES string of the molecule is CO[C@H]1C[C@H](O[C@H]2CC[C@@]3(C)C(=CC[C@]4(O)[C@@H]3C[C@@H](OC(=O)/C=C/c3ccccc3)[C@@]3(C)[C@]4(O)CC[C@@]3(O)[C@H](C)OC(=O)c3cccnc3)C2)O[C@H](C)[C@H]1O[C@H]1C[C@H](OC)[C@H](O[C@H]2C[C@@H](OC)[C@H](O[C@H]3C[C@@H](OC)[C@H](O[C@H]4C[C@@H](OC)[C@@H](O)[C@H](C)O4)[C@@H](C)O3)[C@@H](C)O2)[C@@H](C)O1. The van der Waals surface area contributed by atoms with Gasteiger partial charge in [-0.1, -0.05) is 55.8 Å². The fraction of sp³-hybridized carbons (Fsp3) is 0.761. The molecule has 29 atom stereocenters. The topological polar surface area (TPSA) is 285 Å². The number of rotatable bonds is 21. The summed E-state index contributed by atoms with van der Waals surface area (Å²) in [5, 5.41) is 50.4. The van der Waals surface area contributed by atoms with Gasteiger partial charge in [0.05, 0.1) is 78.1 Å². The minimum absolute atomic E-state index is 0.0564. The average Bonchev–Trinajstić information content (AvgIpc) is 1.59. The summed E-state index contributed by atoms with van der Waals surface area (Å²) >= 11 is 0. The van der Waals surface area contributed by atoms with Crippen LogP contribution in [0.25, 0.3) is 6.08 Å². The van der Waals surface area contributed by atoms with Gasteiger partial charge in [-0.2, -0.15) is 0 Å². The molecule has 0 spiro atoms. The van der Waals surface area contributed by atoms with E-state index in [1.807, 2.05) is 64.1 Å². The lowest BCUT2D eigenvalue weighted by molar-refractivity contribution is -0.352. The summed E-state index contributed by atoms with van der Waals surface area (Å²) in [4.78, 5) is 31.6. The largest absolute Gasteiger partial charge is 0.458 e. The summed E-state index contributed by atoms with van der Waals surface area (Å²) in [6.07, 6.45) is -1.74. The molecular weight excluding hydrogens is 1230 g/mol. The summed E-state index contributed by atoms with van der Waals surface area (Å²) in [5.41, 5.74) is -6.17. The van der Waals surface area contributed by atoms with E-state index in [9.17, 15) is 30.0 Å². The van der Waals surface area contributed by atoms with Crippen molar-refractivity contribution in [2.75, 3.05) is 35.5 Å². The maximum Gasteiger partial charge on any atom is 0.340 e. The standard InChI is InChI=1S/C71H103NO23/c1-38-61(74)48(79-9)31-57(84-38)92-63-40(3)86-59(33-50(63)81-11)94-65-42(5)88-60(35-52(65)83-13)95-64-41(4)87-58(34-51(64)82-12)93-62-39(2)85-56(32-49(62)80-10)90-47-24-25-67(7)46(30-47)23-26-70(77)53(67)36-54(91-55(73)22-21-44-18-15-14-16-19-44)68(8)69(76,27-28-71(68,70)78)43(6)89-66(75)45-20-17-29-72-37-45/h14-23,29,37-43,47-54,56-65,74,76-78H,24-28,30-36H2,1-13H3/b22-21+/t38-,39+,40+,41+,42+,43-,47-,48+,49-,50+,51-,52+,53+,54+,56-,57-,58-,59-,60-,61-,62+,63+,64+,65+,67-,68+,69+,70-,71+/m0/s1.